The van der Waals surface area contributed by atoms with Crippen molar-refractivity contribution >= 4 is 45.0 Å². The molecular formula is C24H32ClN3O2S. The molecule has 1 aromatic heterocycles. The lowest BCUT2D eigenvalue weighted by molar-refractivity contribution is 0.0983. The average Bonchev–Trinajstić information content (AvgIpc) is 3.20. The summed E-state index contributed by atoms with van der Waals surface area (Å²) in [4.78, 5) is 22.4. The van der Waals surface area contributed by atoms with Gasteiger partial charge in [0.25, 0.3) is 5.91 Å². The Hall–Kier alpha value is -2.15. The number of benzene rings is 2. The van der Waals surface area contributed by atoms with Gasteiger partial charge in [-0.15, -0.1) is 12.4 Å². The number of hydrogen-bond donors (Lipinski definition) is 0. The fraction of sp³-hybridized carbons (Fsp3) is 0.417. The van der Waals surface area contributed by atoms with E-state index < -0.39 is 0 Å². The normalized spacial score (nSPS) is 10.9. The van der Waals surface area contributed by atoms with Gasteiger partial charge >= 0.3 is 0 Å². The molecule has 0 bridgehead atoms. The highest BCUT2D eigenvalue weighted by atomic mass is 35.5. The van der Waals surface area contributed by atoms with Gasteiger partial charge in [0.05, 0.1) is 16.8 Å². The number of nitrogens with zero attached hydrogens (tertiary/aromatic N) is 3. The monoisotopic (exact) mass is 461 g/mol. The highest BCUT2D eigenvalue weighted by Crippen LogP contribution is 2.31. The van der Waals surface area contributed by atoms with Crippen LogP contribution in [0.3, 0.4) is 0 Å². The van der Waals surface area contributed by atoms with E-state index >= 15 is 0 Å². The molecule has 168 valence electrons. The van der Waals surface area contributed by atoms with E-state index in [4.69, 9.17) is 9.72 Å². The summed E-state index contributed by atoms with van der Waals surface area (Å²) in [7, 11) is 0. The van der Waals surface area contributed by atoms with Crippen LogP contribution in [0.5, 0.6) is 5.75 Å². The Morgan fingerprint density at radius 1 is 1.00 bits per heavy atom. The van der Waals surface area contributed by atoms with Crippen LogP contribution < -0.4 is 9.64 Å². The molecule has 31 heavy (non-hydrogen) atoms. The fourth-order valence-corrected chi connectivity index (χ4v) is 4.43. The largest absolute Gasteiger partial charge is 0.494 e. The first-order valence-corrected chi connectivity index (χ1v) is 11.6. The van der Waals surface area contributed by atoms with Crippen LogP contribution in [0.1, 0.15) is 43.6 Å². The number of carbonyl (C=O) groups excluding carboxylic acids is 1. The number of aromatic nitrogens is 1. The smallest absolute Gasteiger partial charge is 0.260 e. The van der Waals surface area contributed by atoms with Crippen LogP contribution in [0.2, 0.25) is 0 Å². The topological polar surface area (TPSA) is 45.7 Å². The summed E-state index contributed by atoms with van der Waals surface area (Å²) in [6.45, 7) is 12.3. The van der Waals surface area contributed by atoms with E-state index in [2.05, 4.69) is 43.9 Å². The zero-order valence-electron chi connectivity index (χ0n) is 18.8. The van der Waals surface area contributed by atoms with E-state index in [0.29, 0.717) is 18.7 Å². The van der Waals surface area contributed by atoms with Gasteiger partial charge in [0.15, 0.2) is 5.13 Å². The number of amides is 1. The van der Waals surface area contributed by atoms with Gasteiger partial charge in [-0.05, 0) is 68.4 Å². The van der Waals surface area contributed by atoms with Crippen LogP contribution in [0.25, 0.3) is 10.2 Å². The van der Waals surface area contributed by atoms with Crippen molar-refractivity contribution in [3.63, 3.8) is 0 Å². The lowest BCUT2D eigenvalue weighted by Crippen LogP contribution is -2.38. The van der Waals surface area contributed by atoms with Gasteiger partial charge in [-0.3, -0.25) is 9.69 Å². The van der Waals surface area contributed by atoms with Gasteiger partial charge in [-0.1, -0.05) is 38.2 Å². The summed E-state index contributed by atoms with van der Waals surface area (Å²) < 4.78 is 6.64. The number of carbonyl (C=O) groups is 1. The molecule has 0 spiro atoms. The number of rotatable bonds is 10. The van der Waals surface area contributed by atoms with E-state index in [1.807, 2.05) is 36.1 Å². The standard InChI is InChI=1S/C24H31N3O2S.ClH/c1-5-18-9-14-21-22(17-18)30-24(25-21)27(16-15-26(6-2)7-3)23(28)19-10-12-20(13-11-19)29-8-4;/h9-14,17H,5-8,15-16H2,1-4H3;1H. The van der Waals surface area contributed by atoms with Crippen molar-refractivity contribution in [1.82, 2.24) is 9.88 Å². The zero-order valence-corrected chi connectivity index (χ0v) is 20.4. The molecule has 3 aromatic rings. The Balaban J connectivity index is 0.00000341. The predicted octanol–water partition coefficient (Wildman–Crippen LogP) is 5.67. The number of halogens is 1. The average molecular weight is 462 g/mol. The molecule has 0 fully saturated rings. The number of ether oxygens (including phenoxy) is 1. The molecule has 0 atom stereocenters. The van der Waals surface area contributed by atoms with Crippen LogP contribution in [0, 0.1) is 0 Å². The number of anilines is 1. The molecule has 0 aliphatic carbocycles. The zero-order chi connectivity index (χ0) is 21.5. The molecule has 7 heteroatoms. The maximum atomic E-state index is 13.4. The summed E-state index contributed by atoms with van der Waals surface area (Å²) in [6.07, 6.45) is 0.986. The van der Waals surface area contributed by atoms with Crippen molar-refractivity contribution in [3.05, 3.63) is 53.6 Å². The molecule has 2 aromatic carbocycles. The number of aryl methyl sites for hydroxylation is 1. The van der Waals surface area contributed by atoms with E-state index in [-0.39, 0.29) is 18.3 Å². The van der Waals surface area contributed by atoms with Crippen molar-refractivity contribution < 1.29 is 9.53 Å². The van der Waals surface area contributed by atoms with Gasteiger partial charge in [0, 0.05) is 18.7 Å². The quantitative estimate of drug-likeness (QED) is 0.390. The predicted molar refractivity (Wildman–Crippen MR) is 133 cm³/mol. The Morgan fingerprint density at radius 3 is 2.32 bits per heavy atom. The minimum atomic E-state index is -0.0278. The van der Waals surface area contributed by atoms with E-state index in [0.717, 1.165) is 47.2 Å². The van der Waals surface area contributed by atoms with Gasteiger partial charge < -0.3 is 9.64 Å². The maximum absolute atomic E-state index is 13.4. The second-order valence-corrected chi connectivity index (χ2v) is 8.10. The summed E-state index contributed by atoms with van der Waals surface area (Å²) in [5.74, 6) is 0.746. The van der Waals surface area contributed by atoms with Crippen LogP contribution in [-0.2, 0) is 6.42 Å². The maximum Gasteiger partial charge on any atom is 0.260 e. The number of thiazole rings is 1. The fourth-order valence-electron chi connectivity index (χ4n) is 3.37. The number of hydrogen-bond acceptors (Lipinski definition) is 5. The van der Waals surface area contributed by atoms with Crippen molar-refractivity contribution in [2.75, 3.05) is 37.7 Å². The Labute approximate surface area is 195 Å². The van der Waals surface area contributed by atoms with Crippen molar-refractivity contribution in [3.8, 4) is 5.75 Å². The molecule has 0 aliphatic rings. The van der Waals surface area contributed by atoms with Gasteiger partial charge in [-0.25, -0.2) is 4.98 Å². The third-order valence-electron chi connectivity index (χ3n) is 5.27. The van der Waals surface area contributed by atoms with Gasteiger partial charge in [0.1, 0.15) is 5.75 Å². The molecule has 1 amide bonds. The molecule has 5 nitrogen and oxygen atoms in total. The van der Waals surface area contributed by atoms with Crippen LogP contribution in [0.4, 0.5) is 5.13 Å². The SMILES string of the molecule is CCOc1ccc(C(=O)N(CCN(CC)CC)c2nc3ccc(CC)cc3s2)cc1.Cl. The third kappa shape index (κ3) is 6.19. The summed E-state index contributed by atoms with van der Waals surface area (Å²) in [5, 5.41) is 0.754. The summed E-state index contributed by atoms with van der Waals surface area (Å²) in [5.41, 5.74) is 2.87. The number of likely N-dealkylation sites (N-methyl/N-ethyl adjacent to an activating group) is 1. The minimum Gasteiger partial charge on any atom is -0.494 e. The first-order valence-electron chi connectivity index (χ1n) is 10.8. The molecule has 0 saturated carbocycles. The molecule has 0 unspecified atom stereocenters. The Morgan fingerprint density at radius 2 is 1.71 bits per heavy atom. The van der Waals surface area contributed by atoms with E-state index in [1.165, 1.54) is 5.56 Å². The second-order valence-electron chi connectivity index (χ2n) is 7.09. The van der Waals surface area contributed by atoms with Gasteiger partial charge in [-0.2, -0.15) is 0 Å². The second kappa shape index (κ2) is 12.0. The highest BCUT2D eigenvalue weighted by molar-refractivity contribution is 7.22. The third-order valence-corrected chi connectivity index (χ3v) is 6.31. The van der Waals surface area contributed by atoms with Crippen molar-refractivity contribution in [2.24, 2.45) is 0 Å². The lowest BCUT2D eigenvalue weighted by atomic mass is 10.2. The lowest BCUT2D eigenvalue weighted by Gasteiger charge is -2.24. The van der Waals surface area contributed by atoms with Crippen LogP contribution in [-0.4, -0.2) is 48.6 Å². The van der Waals surface area contributed by atoms with Gasteiger partial charge in [0.2, 0.25) is 0 Å². The summed E-state index contributed by atoms with van der Waals surface area (Å²) >= 11 is 1.59. The van der Waals surface area contributed by atoms with Crippen LogP contribution >= 0.6 is 23.7 Å². The first-order chi connectivity index (χ1) is 14.6. The Kier molecular flexibility index (Phi) is 9.75. The Bertz CT molecular complexity index is 971. The molecule has 0 saturated heterocycles. The minimum absolute atomic E-state index is 0. The van der Waals surface area contributed by atoms with E-state index in [1.54, 1.807) is 11.3 Å². The first kappa shape index (κ1) is 25.1. The van der Waals surface area contributed by atoms with E-state index in [9.17, 15) is 4.79 Å². The molecule has 3 rings (SSSR count). The molecule has 0 N–H and O–H groups in total. The molecular weight excluding hydrogens is 430 g/mol. The number of fused-ring (bicyclic) bond motifs is 1. The highest BCUT2D eigenvalue weighted by Gasteiger charge is 2.22. The molecule has 0 radical (unpaired) electrons. The van der Waals surface area contributed by atoms with Crippen molar-refractivity contribution in [1.29, 1.82) is 0 Å². The van der Waals surface area contributed by atoms with Crippen LogP contribution in [0.15, 0.2) is 42.5 Å². The van der Waals surface area contributed by atoms with Crippen molar-refractivity contribution in [2.45, 2.75) is 34.1 Å². The molecule has 1 heterocycles. The summed E-state index contributed by atoms with van der Waals surface area (Å²) in [6, 6.07) is 13.7. The molecule has 0 aliphatic heterocycles.